The number of allylic oxidation sites excluding steroid dienone is 1. The van der Waals surface area contributed by atoms with Gasteiger partial charge in [-0.15, -0.1) is 0 Å². The lowest BCUT2D eigenvalue weighted by atomic mass is 9.91. The third kappa shape index (κ3) is 2.06. The monoisotopic (exact) mass is 188 g/mol. The number of hydrogen-bond acceptors (Lipinski definition) is 0. The molecule has 14 heavy (non-hydrogen) atoms. The second kappa shape index (κ2) is 4.45. The second-order valence-corrected chi connectivity index (χ2v) is 4.13. The van der Waals surface area contributed by atoms with Crippen molar-refractivity contribution in [2.24, 2.45) is 0 Å². The lowest BCUT2D eigenvalue weighted by molar-refractivity contribution is 0.855. The largest absolute Gasteiger partial charge is 0.0952 e. The van der Waals surface area contributed by atoms with Crippen LogP contribution in [0.4, 0.5) is 0 Å². The van der Waals surface area contributed by atoms with Crippen LogP contribution in [0.1, 0.15) is 49.8 Å². The van der Waals surface area contributed by atoms with Gasteiger partial charge in [-0.25, -0.2) is 0 Å². The van der Waals surface area contributed by atoms with Crippen molar-refractivity contribution in [2.45, 2.75) is 40.0 Å². The Morgan fingerprint density at radius 3 is 2.50 bits per heavy atom. The highest BCUT2D eigenvalue weighted by Gasteiger charge is 2.07. The van der Waals surface area contributed by atoms with Gasteiger partial charge in [-0.2, -0.15) is 0 Å². The topological polar surface area (TPSA) is 0 Å². The summed E-state index contributed by atoms with van der Waals surface area (Å²) in [6, 6.07) is 6.53. The summed E-state index contributed by atoms with van der Waals surface area (Å²) in [4.78, 5) is 0. The third-order valence-corrected chi connectivity index (χ3v) is 2.81. The molecule has 0 aliphatic heterocycles. The summed E-state index contributed by atoms with van der Waals surface area (Å²) in [7, 11) is 0. The highest BCUT2D eigenvalue weighted by atomic mass is 14.1. The summed E-state index contributed by atoms with van der Waals surface area (Å²) >= 11 is 0. The molecule has 0 heterocycles. The first-order valence-electron chi connectivity index (χ1n) is 5.35. The lowest BCUT2D eigenvalue weighted by Crippen LogP contribution is -1.96. The Morgan fingerprint density at radius 1 is 1.36 bits per heavy atom. The molecule has 0 aliphatic rings. The Kier molecular flexibility index (Phi) is 3.51. The van der Waals surface area contributed by atoms with Crippen LogP contribution in [0, 0.1) is 6.92 Å². The van der Waals surface area contributed by atoms with E-state index in [1.165, 1.54) is 22.3 Å². The molecule has 0 N–H and O–H groups in total. The van der Waals surface area contributed by atoms with Gasteiger partial charge >= 0.3 is 0 Å². The van der Waals surface area contributed by atoms with Gasteiger partial charge in [0, 0.05) is 0 Å². The van der Waals surface area contributed by atoms with Gasteiger partial charge in [0.15, 0.2) is 0 Å². The summed E-state index contributed by atoms with van der Waals surface area (Å²) in [5, 5.41) is 0. The molecule has 76 valence electrons. The van der Waals surface area contributed by atoms with Gasteiger partial charge in [0.2, 0.25) is 0 Å². The van der Waals surface area contributed by atoms with Crippen molar-refractivity contribution in [2.75, 3.05) is 0 Å². The molecule has 0 aromatic heterocycles. The molecule has 0 atom stereocenters. The highest BCUT2D eigenvalue weighted by Crippen LogP contribution is 2.26. The van der Waals surface area contributed by atoms with Crippen LogP contribution in [-0.2, 0) is 0 Å². The smallest absolute Gasteiger partial charge is 0.0198 e. The molecule has 0 amide bonds. The Balaban J connectivity index is 3.20. The summed E-state index contributed by atoms with van der Waals surface area (Å²) in [5.41, 5.74) is 5.41. The molecule has 0 radical (unpaired) electrons. The average Bonchev–Trinajstić information content (AvgIpc) is 2.16. The number of hydrogen-bond donors (Lipinski definition) is 0. The Hall–Kier alpha value is -1.04. The normalized spacial score (nSPS) is 10.6. The van der Waals surface area contributed by atoms with Crippen molar-refractivity contribution >= 4 is 5.57 Å². The SMILES string of the molecule is C=C(CC)c1cccc(C(C)C)c1C. The molecule has 0 fully saturated rings. The van der Waals surface area contributed by atoms with E-state index in [9.17, 15) is 0 Å². The highest BCUT2D eigenvalue weighted by molar-refractivity contribution is 5.67. The first-order chi connectivity index (χ1) is 6.57. The zero-order valence-corrected chi connectivity index (χ0v) is 9.72. The quantitative estimate of drug-likeness (QED) is 0.653. The third-order valence-electron chi connectivity index (χ3n) is 2.81. The fraction of sp³-hybridized carbons (Fsp3) is 0.429. The molecule has 0 unspecified atom stereocenters. The van der Waals surface area contributed by atoms with E-state index in [-0.39, 0.29) is 0 Å². The van der Waals surface area contributed by atoms with E-state index in [4.69, 9.17) is 0 Å². The van der Waals surface area contributed by atoms with Crippen LogP contribution in [0.25, 0.3) is 5.57 Å². The standard InChI is InChI=1S/C14H20/c1-6-11(4)14-9-7-8-13(10(2)3)12(14)5/h7-10H,4,6H2,1-3,5H3. The van der Waals surface area contributed by atoms with E-state index in [2.05, 4.69) is 52.5 Å². The second-order valence-electron chi connectivity index (χ2n) is 4.13. The van der Waals surface area contributed by atoms with Gasteiger partial charge in [-0.1, -0.05) is 45.5 Å². The lowest BCUT2D eigenvalue weighted by Gasteiger charge is -2.14. The van der Waals surface area contributed by atoms with Crippen LogP contribution < -0.4 is 0 Å². The molecular formula is C14H20. The van der Waals surface area contributed by atoms with Crippen molar-refractivity contribution in [1.29, 1.82) is 0 Å². The maximum atomic E-state index is 4.10. The summed E-state index contributed by atoms with van der Waals surface area (Å²) in [5.74, 6) is 0.597. The summed E-state index contributed by atoms with van der Waals surface area (Å²) in [6.07, 6.45) is 1.03. The van der Waals surface area contributed by atoms with Crippen molar-refractivity contribution in [3.05, 3.63) is 41.5 Å². The molecule has 0 nitrogen and oxygen atoms in total. The van der Waals surface area contributed by atoms with E-state index >= 15 is 0 Å². The van der Waals surface area contributed by atoms with Crippen molar-refractivity contribution in [1.82, 2.24) is 0 Å². The molecule has 1 aromatic carbocycles. The molecule has 0 aliphatic carbocycles. The first kappa shape index (κ1) is 11.0. The van der Waals surface area contributed by atoms with Gasteiger partial charge < -0.3 is 0 Å². The Labute approximate surface area is 87.7 Å². The molecule has 1 aromatic rings. The molecule has 0 spiro atoms. The van der Waals surface area contributed by atoms with Crippen LogP contribution in [-0.4, -0.2) is 0 Å². The van der Waals surface area contributed by atoms with E-state index in [1.807, 2.05) is 0 Å². The van der Waals surface area contributed by atoms with Crippen LogP contribution in [0.15, 0.2) is 24.8 Å². The summed E-state index contributed by atoms with van der Waals surface area (Å²) < 4.78 is 0. The van der Waals surface area contributed by atoms with Gasteiger partial charge in [0.05, 0.1) is 0 Å². The molecule has 0 bridgehead atoms. The fourth-order valence-electron chi connectivity index (χ4n) is 1.85. The van der Waals surface area contributed by atoms with E-state index in [0.29, 0.717) is 5.92 Å². The minimum Gasteiger partial charge on any atom is -0.0952 e. The van der Waals surface area contributed by atoms with Crippen molar-refractivity contribution in [3.8, 4) is 0 Å². The zero-order valence-electron chi connectivity index (χ0n) is 9.72. The van der Waals surface area contributed by atoms with E-state index in [0.717, 1.165) is 6.42 Å². The predicted octanol–water partition coefficient (Wildman–Crippen LogP) is 4.54. The Morgan fingerprint density at radius 2 is 2.00 bits per heavy atom. The molecule has 1 rings (SSSR count). The van der Waals surface area contributed by atoms with Crippen molar-refractivity contribution < 1.29 is 0 Å². The van der Waals surface area contributed by atoms with Gasteiger partial charge in [-0.3, -0.25) is 0 Å². The number of benzene rings is 1. The first-order valence-corrected chi connectivity index (χ1v) is 5.35. The van der Waals surface area contributed by atoms with Crippen LogP contribution in [0.3, 0.4) is 0 Å². The fourth-order valence-corrected chi connectivity index (χ4v) is 1.85. The van der Waals surface area contributed by atoms with Crippen LogP contribution in [0.2, 0.25) is 0 Å². The molecular weight excluding hydrogens is 168 g/mol. The van der Waals surface area contributed by atoms with Gasteiger partial charge in [-0.05, 0) is 41.5 Å². The van der Waals surface area contributed by atoms with Gasteiger partial charge in [0.25, 0.3) is 0 Å². The maximum absolute atomic E-state index is 4.10. The van der Waals surface area contributed by atoms with E-state index < -0.39 is 0 Å². The van der Waals surface area contributed by atoms with Crippen molar-refractivity contribution in [3.63, 3.8) is 0 Å². The minimum atomic E-state index is 0.597. The van der Waals surface area contributed by atoms with Crippen LogP contribution >= 0.6 is 0 Å². The molecule has 0 saturated carbocycles. The number of rotatable bonds is 3. The molecule has 0 heteroatoms. The maximum Gasteiger partial charge on any atom is -0.0198 e. The Bertz CT molecular complexity index is 332. The predicted molar refractivity (Wildman–Crippen MR) is 64.6 cm³/mol. The minimum absolute atomic E-state index is 0.597. The van der Waals surface area contributed by atoms with Gasteiger partial charge in [0.1, 0.15) is 0 Å². The molecule has 0 saturated heterocycles. The summed E-state index contributed by atoms with van der Waals surface area (Å²) in [6.45, 7) is 12.9. The average molecular weight is 188 g/mol. The van der Waals surface area contributed by atoms with Crippen LogP contribution in [0.5, 0.6) is 0 Å². The zero-order chi connectivity index (χ0) is 10.7. The van der Waals surface area contributed by atoms with E-state index in [1.54, 1.807) is 0 Å².